The molecule has 1 amide bonds. The number of halogens is 2. The molecule has 1 aromatic heterocycles. The largest absolute Gasteiger partial charge is 0.296 e. The molecular weight excluding hydrogens is 499 g/mol. The Morgan fingerprint density at radius 1 is 1.03 bits per heavy atom. The molecule has 0 fully saturated rings. The zero-order valence-corrected chi connectivity index (χ0v) is 20.2. The van der Waals surface area contributed by atoms with Gasteiger partial charge in [0.15, 0.2) is 0 Å². The number of aromatic nitrogens is 2. The van der Waals surface area contributed by atoms with E-state index < -0.39 is 21.7 Å². The molecule has 0 aliphatic heterocycles. The first-order valence-corrected chi connectivity index (χ1v) is 13.0. The average Bonchev–Trinajstić information content (AvgIpc) is 3.27. The Morgan fingerprint density at radius 2 is 1.71 bits per heavy atom. The van der Waals surface area contributed by atoms with Crippen LogP contribution < -0.4 is 9.62 Å². The predicted molar refractivity (Wildman–Crippen MR) is 132 cm³/mol. The lowest BCUT2D eigenvalue weighted by atomic mass is 10.1. The minimum absolute atomic E-state index is 0.171. The van der Waals surface area contributed by atoms with Crippen LogP contribution in [0.1, 0.15) is 15.9 Å². The second kappa shape index (κ2) is 9.88. The van der Waals surface area contributed by atoms with Crippen LogP contribution in [0, 0.1) is 5.82 Å². The van der Waals surface area contributed by atoms with Gasteiger partial charge in [-0.15, -0.1) is 10.2 Å². The number of hydrogen-bond donors (Lipinski definition) is 1. The van der Waals surface area contributed by atoms with Crippen molar-refractivity contribution in [1.82, 2.24) is 10.2 Å². The maximum absolute atomic E-state index is 14.1. The van der Waals surface area contributed by atoms with Crippen LogP contribution in [0.3, 0.4) is 0 Å². The highest BCUT2D eigenvalue weighted by molar-refractivity contribution is 7.92. The lowest BCUT2D eigenvalue weighted by Gasteiger charge is -2.23. The molecule has 0 radical (unpaired) electrons. The van der Waals surface area contributed by atoms with Crippen molar-refractivity contribution < 1.29 is 17.6 Å². The third-order valence-electron chi connectivity index (χ3n) is 4.83. The third kappa shape index (κ3) is 5.58. The van der Waals surface area contributed by atoms with Gasteiger partial charge in [0.2, 0.25) is 15.2 Å². The van der Waals surface area contributed by atoms with Crippen LogP contribution in [0.15, 0.2) is 72.8 Å². The highest BCUT2D eigenvalue weighted by Crippen LogP contribution is 2.28. The molecule has 0 saturated carbocycles. The van der Waals surface area contributed by atoms with Crippen molar-refractivity contribution in [3.63, 3.8) is 0 Å². The smallest absolute Gasteiger partial charge is 0.257 e. The van der Waals surface area contributed by atoms with E-state index in [9.17, 15) is 17.6 Å². The van der Waals surface area contributed by atoms with E-state index in [0.29, 0.717) is 26.4 Å². The Labute approximate surface area is 204 Å². The molecule has 11 heteroatoms. The third-order valence-corrected chi connectivity index (χ3v) is 7.11. The summed E-state index contributed by atoms with van der Waals surface area (Å²) in [5.41, 5.74) is 1.67. The van der Waals surface area contributed by atoms with Gasteiger partial charge in [-0.05, 0) is 42.5 Å². The molecule has 0 aliphatic carbocycles. The Bertz CT molecular complexity index is 1430. The van der Waals surface area contributed by atoms with Crippen molar-refractivity contribution in [2.24, 2.45) is 0 Å². The van der Waals surface area contributed by atoms with E-state index in [0.717, 1.165) is 16.1 Å². The van der Waals surface area contributed by atoms with Crippen LogP contribution in [0.4, 0.5) is 15.2 Å². The van der Waals surface area contributed by atoms with Crippen molar-refractivity contribution in [2.75, 3.05) is 15.9 Å². The van der Waals surface area contributed by atoms with Gasteiger partial charge in [0.05, 0.1) is 18.5 Å². The van der Waals surface area contributed by atoms with Gasteiger partial charge in [0, 0.05) is 21.7 Å². The number of amides is 1. The second-order valence-corrected chi connectivity index (χ2v) is 10.6. The summed E-state index contributed by atoms with van der Waals surface area (Å²) in [5.74, 6) is -0.924. The summed E-state index contributed by atoms with van der Waals surface area (Å²) in [6, 6.07) is 19.0. The fourth-order valence-corrected chi connectivity index (χ4v) is 4.86. The topological polar surface area (TPSA) is 92.3 Å². The number of hydrogen-bond acceptors (Lipinski definition) is 6. The predicted octanol–water partition coefficient (Wildman–Crippen LogP) is 5.22. The number of benzene rings is 3. The van der Waals surface area contributed by atoms with E-state index in [1.165, 1.54) is 53.8 Å². The number of carbonyl (C=O) groups is 1. The van der Waals surface area contributed by atoms with Crippen LogP contribution in [0.2, 0.25) is 5.02 Å². The van der Waals surface area contributed by atoms with Gasteiger partial charge in [0.25, 0.3) is 5.91 Å². The standard InChI is InChI=1S/C23H18ClFN4O3S2/c1-34(31,32)29(14-17-4-2-3-5-20(17)25)19-12-8-15(9-13-19)21(30)26-23-28-27-22(33-23)16-6-10-18(24)11-7-16/h2-13H,14H2,1H3,(H,26,28,30). The van der Waals surface area contributed by atoms with Crippen molar-refractivity contribution in [3.8, 4) is 10.6 Å². The first kappa shape index (κ1) is 23.8. The van der Waals surface area contributed by atoms with Crippen molar-refractivity contribution in [3.05, 3.63) is 94.8 Å². The van der Waals surface area contributed by atoms with Crippen LogP contribution >= 0.6 is 22.9 Å². The zero-order chi connectivity index (χ0) is 24.3. The van der Waals surface area contributed by atoms with Gasteiger partial charge in [-0.3, -0.25) is 14.4 Å². The molecule has 0 bridgehead atoms. The van der Waals surface area contributed by atoms with E-state index in [1.54, 1.807) is 18.2 Å². The molecule has 0 spiro atoms. The van der Waals surface area contributed by atoms with Gasteiger partial charge in [-0.1, -0.05) is 53.3 Å². The van der Waals surface area contributed by atoms with Gasteiger partial charge in [-0.2, -0.15) is 0 Å². The summed E-state index contributed by atoms with van der Waals surface area (Å²) in [6.45, 7) is -0.171. The molecule has 0 aliphatic rings. The highest BCUT2D eigenvalue weighted by Gasteiger charge is 2.20. The second-order valence-electron chi connectivity index (χ2n) is 7.28. The van der Waals surface area contributed by atoms with Crippen LogP contribution in [-0.2, 0) is 16.6 Å². The molecule has 1 heterocycles. The number of rotatable bonds is 7. The molecule has 34 heavy (non-hydrogen) atoms. The lowest BCUT2D eigenvalue weighted by Crippen LogP contribution is -2.29. The van der Waals surface area contributed by atoms with Gasteiger partial charge >= 0.3 is 0 Å². The van der Waals surface area contributed by atoms with Crippen LogP contribution in [0.5, 0.6) is 0 Å². The maximum atomic E-state index is 14.1. The molecule has 3 aromatic carbocycles. The van der Waals surface area contributed by atoms with Gasteiger partial charge < -0.3 is 0 Å². The van der Waals surface area contributed by atoms with Crippen LogP contribution in [-0.4, -0.2) is 30.8 Å². The summed E-state index contributed by atoms with van der Waals surface area (Å²) < 4.78 is 39.8. The molecule has 4 rings (SSSR count). The Kier molecular flexibility index (Phi) is 6.92. The molecule has 174 valence electrons. The molecule has 0 saturated heterocycles. The van der Waals surface area contributed by atoms with Crippen molar-refractivity contribution in [1.29, 1.82) is 0 Å². The van der Waals surface area contributed by atoms with E-state index in [4.69, 9.17) is 11.6 Å². The number of anilines is 2. The summed E-state index contributed by atoms with van der Waals surface area (Å²) in [4.78, 5) is 12.6. The number of nitrogens with zero attached hydrogens (tertiary/aromatic N) is 3. The van der Waals surface area contributed by atoms with Crippen molar-refractivity contribution in [2.45, 2.75) is 6.54 Å². The monoisotopic (exact) mass is 516 g/mol. The fourth-order valence-electron chi connectivity index (χ4n) is 3.11. The quantitative estimate of drug-likeness (QED) is 0.364. The average molecular weight is 517 g/mol. The Morgan fingerprint density at radius 3 is 2.35 bits per heavy atom. The van der Waals surface area contributed by atoms with Gasteiger partial charge in [-0.25, -0.2) is 12.8 Å². The number of sulfonamides is 1. The SMILES string of the molecule is CS(=O)(=O)N(Cc1ccccc1F)c1ccc(C(=O)Nc2nnc(-c3ccc(Cl)cc3)s2)cc1. The summed E-state index contributed by atoms with van der Waals surface area (Å²) in [6.07, 6.45) is 1.04. The van der Waals surface area contributed by atoms with Crippen LogP contribution in [0.25, 0.3) is 10.6 Å². The van der Waals surface area contributed by atoms with E-state index in [-0.39, 0.29) is 12.1 Å². The molecule has 4 aromatic rings. The van der Waals surface area contributed by atoms with Gasteiger partial charge in [0.1, 0.15) is 10.8 Å². The maximum Gasteiger partial charge on any atom is 0.257 e. The highest BCUT2D eigenvalue weighted by atomic mass is 35.5. The Balaban J connectivity index is 1.49. The van der Waals surface area contributed by atoms with E-state index in [1.807, 2.05) is 12.1 Å². The first-order chi connectivity index (χ1) is 16.2. The summed E-state index contributed by atoms with van der Waals surface area (Å²) >= 11 is 7.11. The number of nitrogens with one attached hydrogen (secondary N) is 1. The summed E-state index contributed by atoms with van der Waals surface area (Å²) in [5, 5.41) is 12.3. The molecule has 1 N–H and O–H groups in total. The normalized spacial score (nSPS) is 11.3. The molecule has 0 unspecified atom stereocenters. The van der Waals surface area contributed by atoms with E-state index in [2.05, 4.69) is 15.5 Å². The summed E-state index contributed by atoms with van der Waals surface area (Å²) in [7, 11) is -3.70. The van der Waals surface area contributed by atoms with Crippen molar-refractivity contribution >= 4 is 49.7 Å². The molecule has 0 atom stereocenters. The Hall–Kier alpha value is -3.34. The number of carbonyl (C=O) groups excluding carboxylic acids is 1. The van der Waals surface area contributed by atoms with E-state index >= 15 is 0 Å². The minimum atomic E-state index is -3.70. The zero-order valence-electron chi connectivity index (χ0n) is 17.8. The molecule has 7 nitrogen and oxygen atoms in total. The minimum Gasteiger partial charge on any atom is -0.296 e. The lowest BCUT2D eigenvalue weighted by molar-refractivity contribution is 0.102. The fraction of sp³-hybridized carbons (Fsp3) is 0.0870. The first-order valence-electron chi connectivity index (χ1n) is 9.93. The molecular formula is C23H18ClFN4O3S2.